The lowest BCUT2D eigenvalue weighted by Gasteiger charge is -2.31. The quantitative estimate of drug-likeness (QED) is 0.549. The Balaban J connectivity index is 1.72. The zero-order valence-electron chi connectivity index (χ0n) is 11.2. The number of nitrogen functional groups attached to an aromatic ring is 1. The van der Waals surface area contributed by atoms with E-state index in [-0.39, 0.29) is 5.91 Å². The van der Waals surface area contributed by atoms with Gasteiger partial charge in [-0.25, -0.2) is 10.8 Å². The number of rotatable bonds is 5. The fraction of sp³-hybridized carbons (Fsp3) is 0.667. The van der Waals surface area contributed by atoms with Gasteiger partial charge in [-0.15, -0.1) is 0 Å². The first-order valence-corrected chi connectivity index (χ1v) is 7.37. The molecule has 7 heteroatoms. The molecule has 1 amide bonds. The van der Waals surface area contributed by atoms with Crippen LogP contribution in [0, 0.1) is 5.92 Å². The number of hydrazine groups is 1. The van der Waals surface area contributed by atoms with Gasteiger partial charge in [0.15, 0.2) is 5.13 Å². The molecule has 19 heavy (non-hydrogen) atoms. The normalized spacial score (nSPS) is 17.4. The predicted molar refractivity (Wildman–Crippen MR) is 76.6 cm³/mol. The van der Waals surface area contributed by atoms with Crippen molar-refractivity contribution < 1.29 is 4.79 Å². The van der Waals surface area contributed by atoms with Crippen LogP contribution in [0.5, 0.6) is 0 Å². The first-order chi connectivity index (χ1) is 9.17. The summed E-state index contributed by atoms with van der Waals surface area (Å²) in [6.45, 7) is 5.47. The van der Waals surface area contributed by atoms with Crippen molar-refractivity contribution in [3.63, 3.8) is 0 Å². The molecule has 0 spiro atoms. The largest absolute Gasteiger partial charge is 0.356 e. The van der Waals surface area contributed by atoms with E-state index in [1.54, 1.807) is 18.3 Å². The number of aromatic nitrogens is 1. The summed E-state index contributed by atoms with van der Waals surface area (Å²) in [5.41, 5.74) is 2.57. The van der Waals surface area contributed by atoms with Gasteiger partial charge in [0, 0.05) is 31.1 Å². The summed E-state index contributed by atoms with van der Waals surface area (Å²) in [6.07, 6.45) is 4.16. The molecule has 0 radical (unpaired) electrons. The molecular weight excluding hydrogens is 262 g/mol. The number of anilines is 1. The van der Waals surface area contributed by atoms with Crippen molar-refractivity contribution in [3.8, 4) is 0 Å². The van der Waals surface area contributed by atoms with Gasteiger partial charge in [-0.05, 0) is 31.8 Å². The fourth-order valence-corrected chi connectivity index (χ4v) is 3.07. The first kappa shape index (κ1) is 14.2. The lowest BCUT2D eigenvalue weighted by Crippen LogP contribution is -2.37. The van der Waals surface area contributed by atoms with E-state index in [1.807, 2.05) is 6.20 Å². The molecule has 106 valence electrons. The molecule has 1 fully saturated rings. The molecule has 1 saturated heterocycles. The minimum absolute atomic E-state index is 0.0638. The van der Waals surface area contributed by atoms with Gasteiger partial charge in [-0.3, -0.25) is 15.1 Å². The average Bonchev–Trinajstić information content (AvgIpc) is 2.85. The predicted octanol–water partition coefficient (Wildman–Crippen LogP) is 0.777. The van der Waals surface area contributed by atoms with Crippen LogP contribution in [-0.4, -0.2) is 35.4 Å². The Morgan fingerprint density at radius 2 is 2.32 bits per heavy atom. The van der Waals surface area contributed by atoms with Crippen LogP contribution in [0.1, 0.15) is 24.6 Å². The summed E-state index contributed by atoms with van der Waals surface area (Å²) in [6, 6.07) is 0. The number of piperidine rings is 1. The van der Waals surface area contributed by atoms with Crippen molar-refractivity contribution in [2.75, 3.05) is 25.1 Å². The van der Waals surface area contributed by atoms with E-state index in [9.17, 15) is 4.79 Å². The number of carbonyl (C=O) groups is 1. The molecule has 1 aliphatic rings. The SMILES string of the molecule is CC(=O)NCC1CCN(Cc2cnc(NN)s2)CC1. The Labute approximate surface area is 117 Å². The van der Waals surface area contributed by atoms with Crippen LogP contribution in [0.3, 0.4) is 0 Å². The van der Waals surface area contributed by atoms with Crippen molar-refractivity contribution in [3.05, 3.63) is 11.1 Å². The lowest BCUT2D eigenvalue weighted by atomic mass is 9.97. The van der Waals surface area contributed by atoms with Gasteiger partial charge >= 0.3 is 0 Å². The number of nitrogens with two attached hydrogens (primary N) is 1. The zero-order chi connectivity index (χ0) is 13.7. The Morgan fingerprint density at radius 1 is 1.58 bits per heavy atom. The third-order valence-electron chi connectivity index (χ3n) is 3.40. The van der Waals surface area contributed by atoms with E-state index in [4.69, 9.17) is 5.84 Å². The van der Waals surface area contributed by atoms with Crippen molar-refractivity contribution >= 4 is 22.4 Å². The molecular formula is C12H21N5OS. The van der Waals surface area contributed by atoms with Crippen LogP contribution in [0.4, 0.5) is 5.13 Å². The average molecular weight is 283 g/mol. The van der Waals surface area contributed by atoms with Gasteiger partial charge in [0.25, 0.3) is 0 Å². The maximum Gasteiger partial charge on any atom is 0.216 e. The summed E-state index contributed by atoms with van der Waals surface area (Å²) in [5, 5.41) is 3.66. The molecule has 1 aromatic rings. The maximum atomic E-state index is 10.9. The van der Waals surface area contributed by atoms with Crippen molar-refractivity contribution in [1.82, 2.24) is 15.2 Å². The number of thiazole rings is 1. The van der Waals surface area contributed by atoms with Crippen molar-refractivity contribution in [2.24, 2.45) is 11.8 Å². The van der Waals surface area contributed by atoms with Crippen molar-refractivity contribution in [2.45, 2.75) is 26.3 Å². The number of amides is 1. The van der Waals surface area contributed by atoms with Gasteiger partial charge in [-0.2, -0.15) is 0 Å². The third-order valence-corrected chi connectivity index (χ3v) is 4.32. The van der Waals surface area contributed by atoms with E-state index in [1.165, 1.54) is 4.88 Å². The molecule has 6 nitrogen and oxygen atoms in total. The summed E-state index contributed by atoms with van der Waals surface area (Å²) in [4.78, 5) is 18.7. The van der Waals surface area contributed by atoms with E-state index in [2.05, 4.69) is 20.6 Å². The highest BCUT2D eigenvalue weighted by molar-refractivity contribution is 7.15. The van der Waals surface area contributed by atoms with Gasteiger partial charge in [0.2, 0.25) is 5.91 Å². The van der Waals surface area contributed by atoms with Crippen LogP contribution in [0.25, 0.3) is 0 Å². The smallest absolute Gasteiger partial charge is 0.216 e. The molecule has 4 N–H and O–H groups in total. The maximum absolute atomic E-state index is 10.9. The van der Waals surface area contributed by atoms with Gasteiger partial charge < -0.3 is 5.32 Å². The molecule has 0 bridgehead atoms. The highest BCUT2D eigenvalue weighted by Crippen LogP contribution is 2.22. The second kappa shape index (κ2) is 6.83. The van der Waals surface area contributed by atoms with Gasteiger partial charge in [0.1, 0.15) is 0 Å². The molecule has 1 aromatic heterocycles. The van der Waals surface area contributed by atoms with Crippen molar-refractivity contribution in [1.29, 1.82) is 0 Å². The van der Waals surface area contributed by atoms with E-state index < -0.39 is 0 Å². The molecule has 0 atom stereocenters. The standard InChI is InChI=1S/C12H21N5OS/c1-9(18)14-6-10-2-4-17(5-3-10)8-11-7-15-12(16-13)19-11/h7,10H,2-6,8,13H2,1H3,(H,14,18)(H,15,16). The fourth-order valence-electron chi connectivity index (χ4n) is 2.30. The summed E-state index contributed by atoms with van der Waals surface area (Å²) < 4.78 is 0. The first-order valence-electron chi connectivity index (χ1n) is 6.55. The van der Waals surface area contributed by atoms with Gasteiger partial charge in [-0.1, -0.05) is 11.3 Å². The van der Waals surface area contributed by atoms with Gasteiger partial charge in [0.05, 0.1) is 0 Å². The zero-order valence-corrected chi connectivity index (χ0v) is 12.0. The Morgan fingerprint density at radius 3 is 2.89 bits per heavy atom. The molecule has 0 aliphatic carbocycles. The van der Waals surface area contributed by atoms with Crippen LogP contribution in [0.15, 0.2) is 6.20 Å². The minimum Gasteiger partial charge on any atom is -0.356 e. The van der Waals surface area contributed by atoms with Crippen LogP contribution in [0.2, 0.25) is 0 Å². The second-order valence-electron chi connectivity index (χ2n) is 4.93. The monoisotopic (exact) mass is 283 g/mol. The molecule has 0 unspecified atom stereocenters. The molecule has 0 aromatic carbocycles. The number of carbonyl (C=O) groups excluding carboxylic acids is 1. The number of nitrogens with zero attached hydrogens (tertiary/aromatic N) is 2. The number of nitrogens with one attached hydrogen (secondary N) is 2. The highest BCUT2D eigenvalue weighted by atomic mass is 32.1. The minimum atomic E-state index is 0.0638. The van der Waals surface area contributed by atoms with E-state index in [0.29, 0.717) is 5.92 Å². The molecule has 1 aliphatic heterocycles. The second-order valence-corrected chi connectivity index (χ2v) is 6.05. The molecule has 0 saturated carbocycles. The Kier molecular flexibility index (Phi) is 5.12. The number of likely N-dealkylation sites (tertiary alicyclic amines) is 1. The summed E-state index contributed by atoms with van der Waals surface area (Å²) in [5.74, 6) is 6.00. The molecule has 2 rings (SSSR count). The Hall–Kier alpha value is -1.18. The van der Waals surface area contributed by atoms with Crippen LogP contribution >= 0.6 is 11.3 Å². The Bertz CT molecular complexity index is 414. The number of hydrogen-bond donors (Lipinski definition) is 3. The topological polar surface area (TPSA) is 83.3 Å². The highest BCUT2D eigenvalue weighted by Gasteiger charge is 2.19. The third kappa shape index (κ3) is 4.45. The summed E-state index contributed by atoms with van der Waals surface area (Å²) >= 11 is 1.60. The van der Waals surface area contributed by atoms with E-state index in [0.717, 1.165) is 44.2 Å². The number of hydrogen-bond acceptors (Lipinski definition) is 6. The van der Waals surface area contributed by atoms with Crippen LogP contribution in [-0.2, 0) is 11.3 Å². The summed E-state index contributed by atoms with van der Waals surface area (Å²) in [7, 11) is 0. The van der Waals surface area contributed by atoms with Crippen LogP contribution < -0.4 is 16.6 Å². The van der Waals surface area contributed by atoms with E-state index >= 15 is 0 Å². The molecule has 2 heterocycles. The lowest BCUT2D eigenvalue weighted by molar-refractivity contribution is -0.119.